The standard InChI is InChI=1S/C27H28FN3O2/c1-20(2)31(25(32)14-13-21-8-4-3-5-9-21)19-26(33)30-17-16-29-15-7-12-24(29)27(30)22-10-6-11-23(28)18-22/h3-15,18,20,27H,16-17,19H2,1-2H3. The van der Waals surface area contributed by atoms with E-state index in [1.165, 1.54) is 18.2 Å². The molecule has 170 valence electrons. The van der Waals surface area contributed by atoms with Crippen LogP contribution in [0.3, 0.4) is 0 Å². The quantitative estimate of drug-likeness (QED) is 0.524. The maximum atomic E-state index is 14.0. The van der Waals surface area contributed by atoms with Gasteiger partial charge in [0.15, 0.2) is 0 Å². The summed E-state index contributed by atoms with van der Waals surface area (Å²) in [5.41, 5.74) is 2.57. The number of rotatable bonds is 6. The van der Waals surface area contributed by atoms with Gasteiger partial charge in [-0.05, 0) is 55.3 Å². The van der Waals surface area contributed by atoms with Crippen molar-refractivity contribution in [2.45, 2.75) is 32.5 Å². The number of carbonyl (C=O) groups excluding carboxylic acids is 2. The molecule has 1 unspecified atom stereocenters. The summed E-state index contributed by atoms with van der Waals surface area (Å²) >= 11 is 0. The van der Waals surface area contributed by atoms with Gasteiger partial charge in [0.2, 0.25) is 11.8 Å². The zero-order valence-electron chi connectivity index (χ0n) is 18.9. The van der Waals surface area contributed by atoms with Gasteiger partial charge in [-0.3, -0.25) is 9.59 Å². The van der Waals surface area contributed by atoms with E-state index in [2.05, 4.69) is 4.57 Å². The van der Waals surface area contributed by atoms with Crippen molar-refractivity contribution in [2.75, 3.05) is 13.1 Å². The van der Waals surface area contributed by atoms with Crippen molar-refractivity contribution >= 4 is 17.9 Å². The summed E-state index contributed by atoms with van der Waals surface area (Å²) < 4.78 is 16.1. The first-order valence-electron chi connectivity index (χ1n) is 11.2. The Morgan fingerprint density at radius 3 is 2.58 bits per heavy atom. The Morgan fingerprint density at radius 2 is 1.85 bits per heavy atom. The van der Waals surface area contributed by atoms with Crippen LogP contribution in [0.2, 0.25) is 0 Å². The second-order valence-electron chi connectivity index (χ2n) is 8.48. The summed E-state index contributed by atoms with van der Waals surface area (Å²) in [4.78, 5) is 29.8. The molecular weight excluding hydrogens is 417 g/mol. The molecule has 2 amide bonds. The average molecular weight is 446 g/mol. The molecule has 0 aliphatic carbocycles. The Balaban J connectivity index is 1.57. The SMILES string of the molecule is CC(C)N(CC(=O)N1CCn2cccc2C1c1cccc(F)c1)C(=O)C=Cc1ccccc1. The lowest BCUT2D eigenvalue weighted by Gasteiger charge is -2.39. The Morgan fingerprint density at radius 1 is 1.06 bits per heavy atom. The van der Waals surface area contributed by atoms with Crippen molar-refractivity contribution in [3.63, 3.8) is 0 Å². The monoisotopic (exact) mass is 445 g/mol. The zero-order chi connectivity index (χ0) is 23.4. The highest BCUT2D eigenvalue weighted by Crippen LogP contribution is 2.33. The molecule has 1 atom stereocenters. The molecule has 33 heavy (non-hydrogen) atoms. The molecule has 0 bridgehead atoms. The second kappa shape index (κ2) is 9.86. The van der Waals surface area contributed by atoms with E-state index >= 15 is 0 Å². The topological polar surface area (TPSA) is 45.6 Å². The third-order valence-corrected chi connectivity index (χ3v) is 5.95. The first kappa shape index (κ1) is 22.5. The fourth-order valence-electron chi connectivity index (χ4n) is 4.26. The van der Waals surface area contributed by atoms with Gasteiger partial charge >= 0.3 is 0 Å². The van der Waals surface area contributed by atoms with Gasteiger partial charge in [0.1, 0.15) is 12.4 Å². The number of hydrogen-bond acceptors (Lipinski definition) is 2. The van der Waals surface area contributed by atoms with Crippen molar-refractivity contribution in [2.24, 2.45) is 0 Å². The minimum absolute atomic E-state index is 0.0395. The third-order valence-electron chi connectivity index (χ3n) is 5.95. The van der Waals surface area contributed by atoms with Crippen LogP contribution in [0.15, 0.2) is 79.0 Å². The van der Waals surface area contributed by atoms with Gasteiger partial charge in [-0.2, -0.15) is 0 Å². The van der Waals surface area contributed by atoms with Crippen molar-refractivity contribution in [1.82, 2.24) is 14.4 Å². The number of carbonyl (C=O) groups is 2. The lowest BCUT2D eigenvalue weighted by molar-refractivity contribution is -0.141. The average Bonchev–Trinajstić information content (AvgIpc) is 3.29. The molecule has 2 heterocycles. The van der Waals surface area contributed by atoms with Gasteiger partial charge in [0.05, 0.1) is 6.04 Å². The Kier molecular flexibility index (Phi) is 6.73. The Bertz CT molecular complexity index is 1150. The highest BCUT2D eigenvalue weighted by Gasteiger charge is 2.33. The number of fused-ring (bicyclic) bond motifs is 1. The molecule has 1 aliphatic heterocycles. The van der Waals surface area contributed by atoms with Gasteiger partial charge in [-0.15, -0.1) is 0 Å². The Labute approximate surface area is 193 Å². The fraction of sp³-hybridized carbons (Fsp3) is 0.259. The highest BCUT2D eigenvalue weighted by molar-refractivity contribution is 5.94. The van der Waals surface area contributed by atoms with E-state index in [0.717, 1.165) is 16.8 Å². The zero-order valence-corrected chi connectivity index (χ0v) is 18.9. The predicted octanol–water partition coefficient (Wildman–Crippen LogP) is 4.51. The maximum Gasteiger partial charge on any atom is 0.247 e. The molecule has 0 spiro atoms. The van der Waals surface area contributed by atoms with E-state index in [9.17, 15) is 14.0 Å². The first-order valence-corrected chi connectivity index (χ1v) is 11.2. The van der Waals surface area contributed by atoms with E-state index in [-0.39, 0.29) is 30.2 Å². The van der Waals surface area contributed by atoms with Gasteiger partial charge < -0.3 is 14.4 Å². The van der Waals surface area contributed by atoms with Crippen molar-refractivity contribution in [3.05, 3.63) is 102 Å². The van der Waals surface area contributed by atoms with Crippen LogP contribution in [-0.4, -0.2) is 45.3 Å². The molecular formula is C27H28FN3O2. The number of halogens is 1. The molecule has 2 aromatic carbocycles. The van der Waals surface area contributed by atoms with Crippen molar-refractivity contribution < 1.29 is 14.0 Å². The highest BCUT2D eigenvalue weighted by atomic mass is 19.1. The normalized spacial score (nSPS) is 15.6. The molecule has 4 rings (SSSR count). The molecule has 5 nitrogen and oxygen atoms in total. The van der Waals surface area contributed by atoms with Crippen LogP contribution < -0.4 is 0 Å². The summed E-state index contributed by atoms with van der Waals surface area (Å²) in [6.07, 6.45) is 5.24. The summed E-state index contributed by atoms with van der Waals surface area (Å²) in [7, 11) is 0. The van der Waals surface area contributed by atoms with Crippen LogP contribution in [0.4, 0.5) is 4.39 Å². The molecule has 0 radical (unpaired) electrons. The Hall–Kier alpha value is -3.67. The van der Waals surface area contributed by atoms with Crippen molar-refractivity contribution in [1.29, 1.82) is 0 Å². The fourth-order valence-corrected chi connectivity index (χ4v) is 4.26. The van der Waals surface area contributed by atoms with E-state index < -0.39 is 6.04 Å². The van der Waals surface area contributed by atoms with E-state index in [1.54, 1.807) is 21.9 Å². The predicted molar refractivity (Wildman–Crippen MR) is 127 cm³/mol. The van der Waals surface area contributed by atoms with Crippen LogP contribution >= 0.6 is 0 Å². The summed E-state index contributed by atoms with van der Waals surface area (Å²) in [6, 6.07) is 19.3. The van der Waals surface area contributed by atoms with Crippen LogP contribution in [0, 0.1) is 5.82 Å². The molecule has 0 saturated carbocycles. The minimum atomic E-state index is -0.402. The van der Waals surface area contributed by atoms with E-state index in [0.29, 0.717) is 13.1 Å². The molecule has 0 saturated heterocycles. The van der Waals surface area contributed by atoms with E-state index in [4.69, 9.17) is 0 Å². The number of benzene rings is 2. The molecule has 1 aliphatic rings. The minimum Gasteiger partial charge on any atom is -0.348 e. The number of aromatic nitrogens is 1. The van der Waals surface area contributed by atoms with Crippen LogP contribution in [-0.2, 0) is 16.1 Å². The second-order valence-corrected chi connectivity index (χ2v) is 8.48. The molecule has 0 N–H and O–H groups in total. The van der Waals surface area contributed by atoms with Crippen molar-refractivity contribution in [3.8, 4) is 0 Å². The van der Waals surface area contributed by atoms with Gasteiger partial charge in [0, 0.05) is 37.1 Å². The molecule has 1 aromatic heterocycles. The first-order chi connectivity index (χ1) is 15.9. The molecule has 0 fully saturated rings. The summed E-state index contributed by atoms with van der Waals surface area (Å²) in [5.74, 6) is -0.717. The van der Waals surface area contributed by atoms with Gasteiger partial charge in [-0.1, -0.05) is 42.5 Å². The number of amides is 2. The van der Waals surface area contributed by atoms with Gasteiger partial charge in [0.25, 0.3) is 0 Å². The summed E-state index contributed by atoms with van der Waals surface area (Å²) in [6.45, 7) is 4.90. The summed E-state index contributed by atoms with van der Waals surface area (Å²) in [5, 5.41) is 0. The van der Waals surface area contributed by atoms with E-state index in [1.807, 2.05) is 68.6 Å². The van der Waals surface area contributed by atoms with Gasteiger partial charge in [-0.25, -0.2) is 4.39 Å². The molecule has 6 heteroatoms. The smallest absolute Gasteiger partial charge is 0.247 e. The number of nitrogens with zero attached hydrogens (tertiary/aromatic N) is 3. The van der Waals surface area contributed by atoms with Crippen LogP contribution in [0.25, 0.3) is 6.08 Å². The molecule has 3 aromatic rings. The lowest BCUT2D eigenvalue weighted by Crippen LogP contribution is -2.49. The maximum absolute atomic E-state index is 14.0. The largest absolute Gasteiger partial charge is 0.348 e. The third kappa shape index (κ3) is 5.06. The number of hydrogen-bond donors (Lipinski definition) is 0. The van der Waals surface area contributed by atoms with Crippen LogP contribution in [0.1, 0.15) is 36.7 Å². The lowest BCUT2D eigenvalue weighted by atomic mass is 9.99. The van der Waals surface area contributed by atoms with Crippen LogP contribution in [0.5, 0.6) is 0 Å².